The first-order valence-electron chi connectivity index (χ1n) is 10.6. The van der Waals surface area contributed by atoms with Gasteiger partial charge in [-0.05, 0) is 64.9 Å². The highest BCUT2D eigenvalue weighted by Gasteiger charge is 2.48. The van der Waals surface area contributed by atoms with Crippen molar-refractivity contribution in [1.82, 2.24) is 10.3 Å². The Labute approximate surface area is 220 Å². The summed E-state index contributed by atoms with van der Waals surface area (Å²) in [5.74, 6) is 0.330. The average Bonchev–Trinajstić information content (AvgIpc) is 3.40. The fourth-order valence-corrected chi connectivity index (χ4v) is 6.02. The molecule has 1 saturated heterocycles. The van der Waals surface area contributed by atoms with E-state index in [0.717, 1.165) is 17.3 Å². The van der Waals surface area contributed by atoms with E-state index in [9.17, 15) is 9.59 Å². The molecule has 1 aliphatic heterocycles. The van der Waals surface area contributed by atoms with Crippen LogP contribution in [0, 0.1) is 0 Å². The average molecular weight is 541 g/mol. The summed E-state index contributed by atoms with van der Waals surface area (Å²) in [6.07, 6.45) is 0.0506. The van der Waals surface area contributed by atoms with Gasteiger partial charge in [0.05, 0.1) is 10.7 Å². The molecule has 1 fully saturated rings. The number of carbonyl (C=O) groups excluding carboxylic acids is 2. The van der Waals surface area contributed by atoms with Crippen molar-refractivity contribution in [2.75, 3.05) is 0 Å². The Morgan fingerprint density at radius 2 is 1.80 bits per heavy atom. The Morgan fingerprint density at radius 3 is 2.51 bits per heavy atom. The monoisotopic (exact) mass is 540 g/mol. The predicted molar refractivity (Wildman–Crippen MR) is 140 cm³/mol. The third-order valence-electron chi connectivity index (χ3n) is 5.60. The van der Waals surface area contributed by atoms with Gasteiger partial charge in [-0.2, -0.15) is 11.3 Å². The van der Waals surface area contributed by atoms with E-state index in [0.29, 0.717) is 32.3 Å². The molecule has 35 heavy (non-hydrogen) atoms. The topological polar surface area (TPSA) is 68.3 Å². The number of pyridine rings is 1. The number of nitrogens with one attached hydrogen (secondary N) is 1. The minimum Gasteiger partial charge on any atom is -0.439 e. The van der Waals surface area contributed by atoms with Gasteiger partial charge in [-0.25, -0.2) is 4.98 Å². The van der Waals surface area contributed by atoms with Crippen molar-refractivity contribution < 1.29 is 14.3 Å². The minimum atomic E-state index is -1.11. The van der Waals surface area contributed by atoms with Crippen LogP contribution in [0.5, 0.6) is 11.6 Å². The van der Waals surface area contributed by atoms with Gasteiger partial charge in [0.15, 0.2) is 5.78 Å². The molecule has 0 spiro atoms. The minimum absolute atomic E-state index is 0.0506. The molecule has 0 aliphatic carbocycles. The summed E-state index contributed by atoms with van der Waals surface area (Å²) in [5.41, 5.74) is 0.206. The Morgan fingerprint density at radius 1 is 1.00 bits per heavy atom. The highest BCUT2D eigenvalue weighted by Crippen LogP contribution is 2.41. The SMILES string of the molecule is O=C1CC(c2ccsc2)(c2cccc(Oc3ccc(Cl)cc3)n2)NC(=O)C1Sc1ccccc1Cl. The fraction of sp³-hybridized carbons (Fsp3) is 0.115. The van der Waals surface area contributed by atoms with Crippen molar-refractivity contribution in [2.24, 2.45) is 0 Å². The molecule has 176 valence electrons. The summed E-state index contributed by atoms with van der Waals surface area (Å²) in [6, 6.07) is 21.3. The van der Waals surface area contributed by atoms with Crippen molar-refractivity contribution in [1.29, 1.82) is 0 Å². The van der Waals surface area contributed by atoms with Crippen molar-refractivity contribution in [3.8, 4) is 11.6 Å². The maximum atomic E-state index is 13.4. The van der Waals surface area contributed by atoms with E-state index in [1.54, 1.807) is 54.6 Å². The summed E-state index contributed by atoms with van der Waals surface area (Å²) in [4.78, 5) is 32.1. The Bertz CT molecular complexity index is 1360. The maximum Gasteiger partial charge on any atom is 0.242 e. The van der Waals surface area contributed by atoms with Crippen LogP contribution in [0.15, 0.2) is 88.5 Å². The van der Waals surface area contributed by atoms with Crippen LogP contribution in [0.25, 0.3) is 0 Å². The lowest BCUT2D eigenvalue weighted by Gasteiger charge is -2.39. The van der Waals surface area contributed by atoms with Gasteiger partial charge in [0.1, 0.15) is 16.5 Å². The molecule has 5 nitrogen and oxygen atoms in total. The van der Waals surface area contributed by atoms with Crippen molar-refractivity contribution >= 4 is 58.0 Å². The quantitative estimate of drug-likeness (QED) is 0.274. The molecule has 0 radical (unpaired) electrons. The number of hydrogen-bond donors (Lipinski definition) is 1. The Hall–Kier alpha value is -2.84. The number of thioether (sulfide) groups is 1. The standard InChI is InChI=1S/C26H18Cl2N2O3S2/c27-17-8-10-18(11-9-17)33-23-7-3-6-22(29-23)26(16-12-13-34-15-16)14-20(31)24(25(32)30-26)35-21-5-2-1-4-19(21)28/h1-13,15,24H,14H2,(H,30,32). The van der Waals surface area contributed by atoms with E-state index in [2.05, 4.69) is 10.3 Å². The molecule has 1 amide bonds. The summed E-state index contributed by atoms with van der Waals surface area (Å²) >= 11 is 14.9. The van der Waals surface area contributed by atoms with Gasteiger partial charge in [0, 0.05) is 22.4 Å². The second-order valence-electron chi connectivity index (χ2n) is 7.90. The molecule has 2 atom stereocenters. The summed E-state index contributed by atoms with van der Waals surface area (Å²) < 4.78 is 5.91. The number of thiophene rings is 1. The molecule has 0 saturated carbocycles. The van der Waals surface area contributed by atoms with Crippen LogP contribution in [0.1, 0.15) is 17.7 Å². The zero-order chi connectivity index (χ0) is 24.4. The third-order valence-corrected chi connectivity index (χ3v) is 8.30. The number of ether oxygens (including phenoxy) is 1. The van der Waals surface area contributed by atoms with Gasteiger partial charge in [-0.1, -0.05) is 41.4 Å². The molecule has 2 aromatic carbocycles. The van der Waals surface area contributed by atoms with Crippen LogP contribution in [-0.2, 0) is 15.1 Å². The van der Waals surface area contributed by atoms with Crippen LogP contribution >= 0.6 is 46.3 Å². The maximum absolute atomic E-state index is 13.4. The molecule has 5 rings (SSSR count). The first kappa shape index (κ1) is 23.9. The van der Waals surface area contributed by atoms with Gasteiger partial charge in [0.2, 0.25) is 11.8 Å². The number of benzene rings is 2. The summed E-state index contributed by atoms with van der Waals surface area (Å²) in [6.45, 7) is 0. The Kier molecular flexibility index (Phi) is 6.84. The number of carbonyl (C=O) groups is 2. The van der Waals surface area contributed by atoms with Crippen molar-refractivity contribution in [3.63, 3.8) is 0 Å². The van der Waals surface area contributed by atoms with Crippen LogP contribution < -0.4 is 10.1 Å². The number of piperidine rings is 1. The van der Waals surface area contributed by atoms with Crippen LogP contribution in [0.3, 0.4) is 0 Å². The third kappa shape index (κ3) is 4.95. The largest absolute Gasteiger partial charge is 0.439 e. The molecule has 0 bridgehead atoms. The van der Waals surface area contributed by atoms with Crippen LogP contribution in [0.2, 0.25) is 10.0 Å². The zero-order valence-electron chi connectivity index (χ0n) is 18.1. The van der Waals surface area contributed by atoms with E-state index >= 15 is 0 Å². The highest BCUT2D eigenvalue weighted by molar-refractivity contribution is 8.01. The van der Waals surface area contributed by atoms with E-state index in [-0.39, 0.29) is 18.1 Å². The van der Waals surface area contributed by atoms with Gasteiger partial charge in [-0.3, -0.25) is 9.59 Å². The first-order chi connectivity index (χ1) is 16.9. The van der Waals surface area contributed by atoms with Crippen LogP contribution in [-0.4, -0.2) is 21.9 Å². The smallest absolute Gasteiger partial charge is 0.242 e. The Balaban J connectivity index is 1.48. The predicted octanol–water partition coefficient (Wildman–Crippen LogP) is 6.74. The van der Waals surface area contributed by atoms with Crippen molar-refractivity contribution in [3.05, 3.63) is 105 Å². The molecule has 1 aliphatic rings. The molecule has 2 unspecified atom stereocenters. The number of halogens is 2. The molecule has 9 heteroatoms. The molecule has 1 N–H and O–H groups in total. The molecular weight excluding hydrogens is 523 g/mol. The number of rotatable bonds is 6. The van der Waals surface area contributed by atoms with E-state index in [1.807, 2.05) is 29.0 Å². The second-order valence-corrected chi connectivity index (χ2v) is 10.7. The van der Waals surface area contributed by atoms with E-state index in [1.165, 1.54) is 11.3 Å². The lowest BCUT2D eigenvalue weighted by molar-refractivity contribution is -0.133. The van der Waals surface area contributed by atoms with Gasteiger partial charge >= 0.3 is 0 Å². The van der Waals surface area contributed by atoms with Gasteiger partial charge in [0.25, 0.3) is 0 Å². The zero-order valence-corrected chi connectivity index (χ0v) is 21.3. The van der Waals surface area contributed by atoms with Gasteiger partial charge < -0.3 is 10.1 Å². The molecular formula is C26H18Cl2N2O3S2. The molecule has 3 heterocycles. The highest BCUT2D eigenvalue weighted by atomic mass is 35.5. The number of aromatic nitrogens is 1. The van der Waals surface area contributed by atoms with Crippen LogP contribution in [0.4, 0.5) is 0 Å². The summed E-state index contributed by atoms with van der Waals surface area (Å²) in [5, 5.41) is 7.14. The lowest BCUT2D eigenvalue weighted by Crippen LogP contribution is -2.58. The normalized spacial score (nSPS) is 19.9. The van der Waals surface area contributed by atoms with Crippen molar-refractivity contribution in [2.45, 2.75) is 22.1 Å². The number of hydrogen-bond acceptors (Lipinski definition) is 6. The van der Waals surface area contributed by atoms with E-state index < -0.39 is 10.8 Å². The first-order valence-corrected chi connectivity index (χ1v) is 13.2. The molecule has 2 aromatic heterocycles. The van der Waals surface area contributed by atoms with E-state index in [4.69, 9.17) is 27.9 Å². The number of ketones is 1. The number of amides is 1. The lowest BCUT2D eigenvalue weighted by atomic mass is 9.79. The fourth-order valence-electron chi connectivity index (χ4n) is 3.92. The second kappa shape index (κ2) is 10.0. The summed E-state index contributed by atoms with van der Waals surface area (Å²) in [7, 11) is 0. The molecule has 4 aromatic rings. The number of nitrogens with zero attached hydrogens (tertiary/aromatic N) is 1. The van der Waals surface area contributed by atoms with Gasteiger partial charge in [-0.15, -0.1) is 11.8 Å². The number of Topliss-reactive ketones (excluding diaryl/α,β-unsaturated/α-hetero) is 1.